The molecular weight excluding hydrogens is 464 g/mol. The van der Waals surface area contributed by atoms with Crippen LogP contribution in [0.4, 0.5) is 11.4 Å². The van der Waals surface area contributed by atoms with Gasteiger partial charge in [-0.05, 0) is 84.3 Å². The summed E-state index contributed by atoms with van der Waals surface area (Å²) in [5.74, 6) is 0.873. The van der Waals surface area contributed by atoms with E-state index in [-0.39, 0.29) is 16.7 Å². The molecular formula is C31H36N2O4. The minimum absolute atomic E-state index is 0.00344. The summed E-state index contributed by atoms with van der Waals surface area (Å²) in [4.78, 5) is 14.2. The molecule has 4 rings (SSSR count). The molecule has 0 amide bonds. The number of H-pyrrole nitrogens is 1. The normalized spacial score (nSPS) is 12.4. The summed E-state index contributed by atoms with van der Waals surface area (Å²) in [7, 11) is 0. The summed E-state index contributed by atoms with van der Waals surface area (Å²) < 4.78 is 5.84. The molecule has 0 fully saturated rings. The maximum absolute atomic E-state index is 11.6. The van der Waals surface area contributed by atoms with Crippen molar-refractivity contribution < 1.29 is 14.9 Å². The highest BCUT2D eigenvalue weighted by Gasteiger charge is 2.14. The number of aliphatic hydroxyl groups excluding tert-OH is 1. The van der Waals surface area contributed by atoms with Crippen LogP contribution in [0.25, 0.3) is 10.9 Å². The first kappa shape index (κ1) is 26.3. The van der Waals surface area contributed by atoms with Gasteiger partial charge in [-0.1, -0.05) is 45.4 Å². The predicted molar refractivity (Wildman–Crippen MR) is 150 cm³/mol. The molecule has 1 heterocycles. The van der Waals surface area contributed by atoms with Crippen molar-refractivity contribution in [3.05, 3.63) is 94.3 Å². The Morgan fingerprint density at radius 1 is 0.892 bits per heavy atom. The van der Waals surface area contributed by atoms with Crippen LogP contribution in [0.15, 0.2) is 77.6 Å². The van der Waals surface area contributed by atoms with E-state index in [0.717, 1.165) is 36.4 Å². The van der Waals surface area contributed by atoms with Crippen molar-refractivity contribution in [3.8, 4) is 11.5 Å². The number of phenolic OH excluding ortho intramolecular Hbond substituents is 1. The number of aliphatic hydroxyl groups is 1. The number of phenols is 1. The maximum Gasteiger partial charge on any atom is 0.248 e. The molecule has 194 valence electrons. The standard InChI is InChI=1S/C31H36N2O4/c1-31(2,3)20-37-24-14-12-23(13-15-24)32-22-10-8-21(9-11-22)6-4-5-7-27(34)25-16-18-28(35)30-26(25)17-19-29(36)33-30/h8-19,27,32,34-35H,4-7,20H2,1-3H3,(H,33,36)/t27-/m0/s1. The Labute approximate surface area is 218 Å². The second-order valence-electron chi connectivity index (χ2n) is 10.7. The quantitative estimate of drug-likeness (QED) is 0.179. The van der Waals surface area contributed by atoms with Gasteiger partial charge in [0, 0.05) is 22.8 Å². The summed E-state index contributed by atoms with van der Waals surface area (Å²) in [6, 6.07) is 22.7. The first-order valence-corrected chi connectivity index (χ1v) is 12.8. The minimum atomic E-state index is -0.661. The lowest BCUT2D eigenvalue weighted by molar-refractivity contribution is 0.165. The van der Waals surface area contributed by atoms with Crippen LogP contribution in [0.3, 0.4) is 0 Å². The highest BCUT2D eigenvalue weighted by atomic mass is 16.5. The summed E-state index contributed by atoms with van der Waals surface area (Å²) in [5, 5.41) is 24.9. The van der Waals surface area contributed by atoms with Gasteiger partial charge in [-0.2, -0.15) is 0 Å². The molecule has 6 nitrogen and oxygen atoms in total. The zero-order valence-corrected chi connectivity index (χ0v) is 21.8. The number of pyridine rings is 1. The number of fused-ring (bicyclic) bond motifs is 1. The molecule has 6 heteroatoms. The van der Waals surface area contributed by atoms with E-state index in [1.807, 2.05) is 24.3 Å². The molecule has 0 aliphatic heterocycles. The third-order valence-electron chi connectivity index (χ3n) is 6.23. The fourth-order valence-corrected chi connectivity index (χ4v) is 4.23. The number of unbranched alkanes of at least 4 members (excludes halogenated alkanes) is 1. The Bertz CT molecular complexity index is 1370. The molecule has 0 unspecified atom stereocenters. The van der Waals surface area contributed by atoms with Gasteiger partial charge in [0.2, 0.25) is 5.56 Å². The first-order chi connectivity index (χ1) is 17.7. The van der Waals surface area contributed by atoms with Gasteiger partial charge in [0.25, 0.3) is 0 Å². The lowest BCUT2D eigenvalue weighted by Crippen LogP contribution is -2.16. The van der Waals surface area contributed by atoms with Crippen molar-refractivity contribution in [2.24, 2.45) is 5.41 Å². The highest BCUT2D eigenvalue weighted by molar-refractivity contribution is 5.87. The number of aromatic hydroxyl groups is 1. The van der Waals surface area contributed by atoms with E-state index in [9.17, 15) is 15.0 Å². The lowest BCUT2D eigenvalue weighted by atomic mass is 9.97. The molecule has 0 radical (unpaired) electrons. The van der Waals surface area contributed by atoms with Crippen molar-refractivity contribution in [1.29, 1.82) is 0 Å². The van der Waals surface area contributed by atoms with Crippen molar-refractivity contribution in [2.75, 3.05) is 11.9 Å². The van der Waals surface area contributed by atoms with Gasteiger partial charge in [-0.15, -0.1) is 0 Å². The summed E-state index contributed by atoms with van der Waals surface area (Å²) in [6.45, 7) is 7.14. The lowest BCUT2D eigenvalue weighted by Gasteiger charge is -2.19. The third-order valence-corrected chi connectivity index (χ3v) is 6.23. The van der Waals surface area contributed by atoms with E-state index in [0.29, 0.717) is 29.5 Å². The SMILES string of the molecule is CC(C)(C)COc1ccc(Nc2ccc(CCCC[C@H](O)c3ccc(O)c4[nH]c(=O)ccc34)cc2)cc1. The Kier molecular flexibility index (Phi) is 8.19. The molecule has 4 N–H and O–H groups in total. The molecule has 0 aliphatic carbocycles. The van der Waals surface area contributed by atoms with Crippen LogP contribution in [0.5, 0.6) is 11.5 Å². The number of hydrogen-bond donors (Lipinski definition) is 4. The largest absolute Gasteiger partial charge is 0.506 e. The topological polar surface area (TPSA) is 94.6 Å². The van der Waals surface area contributed by atoms with Gasteiger partial charge in [-0.25, -0.2) is 0 Å². The average Bonchev–Trinajstić information content (AvgIpc) is 2.87. The zero-order valence-electron chi connectivity index (χ0n) is 21.8. The zero-order chi connectivity index (χ0) is 26.4. The summed E-state index contributed by atoms with van der Waals surface area (Å²) in [5.41, 5.74) is 4.21. The smallest absolute Gasteiger partial charge is 0.248 e. The number of anilines is 2. The molecule has 0 saturated carbocycles. The summed E-state index contributed by atoms with van der Waals surface area (Å²) in [6.07, 6.45) is 2.68. The van der Waals surface area contributed by atoms with E-state index in [2.05, 4.69) is 55.3 Å². The van der Waals surface area contributed by atoms with Gasteiger partial charge < -0.3 is 25.3 Å². The number of ether oxygens (including phenoxy) is 1. The van der Waals surface area contributed by atoms with Crippen molar-refractivity contribution in [1.82, 2.24) is 4.98 Å². The number of hydrogen-bond acceptors (Lipinski definition) is 5. The van der Waals surface area contributed by atoms with Gasteiger partial charge in [0.1, 0.15) is 11.5 Å². The predicted octanol–water partition coefficient (Wildman–Crippen LogP) is 6.85. The molecule has 0 aliphatic rings. The first-order valence-electron chi connectivity index (χ1n) is 12.8. The molecule has 0 saturated heterocycles. The van der Waals surface area contributed by atoms with Crippen LogP contribution in [0.2, 0.25) is 0 Å². The number of benzene rings is 3. The highest BCUT2D eigenvalue weighted by Crippen LogP contribution is 2.31. The number of rotatable bonds is 10. The number of nitrogens with one attached hydrogen (secondary N) is 2. The molecule has 1 aromatic heterocycles. The molecule has 0 spiro atoms. The Morgan fingerprint density at radius 3 is 2.24 bits per heavy atom. The van der Waals surface area contributed by atoms with E-state index < -0.39 is 6.10 Å². The van der Waals surface area contributed by atoms with E-state index in [1.165, 1.54) is 17.7 Å². The van der Waals surface area contributed by atoms with Gasteiger partial charge in [-0.3, -0.25) is 4.79 Å². The molecule has 0 bridgehead atoms. The Hall–Kier alpha value is -3.77. The van der Waals surface area contributed by atoms with Crippen LogP contribution < -0.4 is 15.6 Å². The van der Waals surface area contributed by atoms with Crippen LogP contribution in [-0.2, 0) is 6.42 Å². The second-order valence-corrected chi connectivity index (χ2v) is 10.7. The maximum atomic E-state index is 11.6. The van der Waals surface area contributed by atoms with Crippen LogP contribution >= 0.6 is 0 Å². The summed E-state index contributed by atoms with van der Waals surface area (Å²) >= 11 is 0. The van der Waals surface area contributed by atoms with Crippen LogP contribution in [-0.4, -0.2) is 21.8 Å². The molecule has 4 aromatic rings. The van der Waals surface area contributed by atoms with Crippen molar-refractivity contribution in [2.45, 2.75) is 52.6 Å². The van der Waals surface area contributed by atoms with Gasteiger partial charge in [0.05, 0.1) is 18.2 Å². The molecule has 37 heavy (non-hydrogen) atoms. The van der Waals surface area contributed by atoms with E-state index in [1.54, 1.807) is 12.1 Å². The minimum Gasteiger partial charge on any atom is -0.506 e. The van der Waals surface area contributed by atoms with Gasteiger partial charge >= 0.3 is 0 Å². The van der Waals surface area contributed by atoms with Gasteiger partial charge in [0.15, 0.2) is 0 Å². The second kappa shape index (κ2) is 11.5. The van der Waals surface area contributed by atoms with Crippen molar-refractivity contribution >= 4 is 22.3 Å². The van der Waals surface area contributed by atoms with E-state index in [4.69, 9.17) is 4.74 Å². The fraction of sp³-hybridized carbons (Fsp3) is 0.323. The van der Waals surface area contributed by atoms with E-state index >= 15 is 0 Å². The number of aromatic nitrogens is 1. The van der Waals surface area contributed by atoms with Crippen LogP contribution in [0, 0.1) is 5.41 Å². The monoisotopic (exact) mass is 500 g/mol. The van der Waals surface area contributed by atoms with Crippen LogP contribution in [0.1, 0.15) is 57.3 Å². The van der Waals surface area contributed by atoms with Crippen molar-refractivity contribution in [3.63, 3.8) is 0 Å². The third kappa shape index (κ3) is 7.37. The number of aromatic amines is 1. The fourth-order valence-electron chi connectivity index (χ4n) is 4.23. The Balaban J connectivity index is 1.25. The Morgan fingerprint density at radius 2 is 1.57 bits per heavy atom. The molecule has 1 atom stereocenters. The average molecular weight is 501 g/mol. The molecule has 3 aromatic carbocycles. The number of aryl methyl sites for hydroxylation is 1.